The Morgan fingerprint density at radius 3 is 1.87 bits per heavy atom. The molecule has 1 saturated carbocycles. The Morgan fingerprint density at radius 1 is 0.642 bits per heavy atom. The predicted molar refractivity (Wildman–Crippen MR) is 218 cm³/mol. The van der Waals surface area contributed by atoms with E-state index < -0.39 is 5.60 Å². The zero-order valence-corrected chi connectivity index (χ0v) is 32.4. The van der Waals surface area contributed by atoms with Crippen LogP contribution < -0.4 is 18.9 Å². The summed E-state index contributed by atoms with van der Waals surface area (Å²) in [4.78, 5) is 1.16. The lowest BCUT2D eigenvalue weighted by Gasteiger charge is -2.52. The summed E-state index contributed by atoms with van der Waals surface area (Å²) in [6.07, 6.45) is 7.96. The van der Waals surface area contributed by atoms with Crippen LogP contribution in [0, 0.1) is 10.8 Å². The molecular formula is C48H46O4S. The number of methoxy groups -OCH3 is 3. The van der Waals surface area contributed by atoms with Crippen molar-refractivity contribution in [2.45, 2.75) is 58.0 Å². The minimum Gasteiger partial charge on any atom is -0.497 e. The molecule has 5 heteroatoms. The van der Waals surface area contributed by atoms with Crippen LogP contribution >= 0.6 is 11.3 Å². The number of rotatable bonds is 6. The third kappa shape index (κ3) is 5.15. The van der Waals surface area contributed by atoms with Crippen LogP contribution in [0.3, 0.4) is 0 Å². The van der Waals surface area contributed by atoms with Gasteiger partial charge in [-0.3, -0.25) is 0 Å². The molecule has 1 fully saturated rings. The molecule has 4 nitrogen and oxygen atoms in total. The fourth-order valence-corrected chi connectivity index (χ4v) is 11.4. The molecule has 1 spiro atoms. The van der Waals surface area contributed by atoms with Gasteiger partial charge in [0.15, 0.2) is 5.60 Å². The van der Waals surface area contributed by atoms with E-state index >= 15 is 0 Å². The van der Waals surface area contributed by atoms with E-state index in [2.05, 4.69) is 118 Å². The molecule has 0 atom stereocenters. The molecule has 0 unspecified atom stereocenters. The smallest absolute Gasteiger partial charge is 0.178 e. The zero-order chi connectivity index (χ0) is 36.8. The molecular weight excluding hydrogens is 673 g/mol. The van der Waals surface area contributed by atoms with Crippen LogP contribution in [0.2, 0.25) is 0 Å². The fourth-order valence-electron chi connectivity index (χ4n) is 10.6. The topological polar surface area (TPSA) is 36.9 Å². The van der Waals surface area contributed by atoms with Crippen molar-refractivity contribution in [2.24, 2.45) is 10.8 Å². The summed E-state index contributed by atoms with van der Waals surface area (Å²) in [5.74, 6) is 3.38. The predicted octanol–water partition coefficient (Wildman–Crippen LogP) is 12.4. The Hall–Kier alpha value is -5.00. The van der Waals surface area contributed by atoms with E-state index in [4.69, 9.17) is 18.9 Å². The molecule has 6 aromatic rings. The second-order valence-electron chi connectivity index (χ2n) is 16.7. The number of ether oxygens (including phenoxy) is 4. The van der Waals surface area contributed by atoms with E-state index in [-0.39, 0.29) is 16.2 Å². The summed E-state index contributed by atoms with van der Waals surface area (Å²) in [7, 11) is 5.20. The van der Waals surface area contributed by atoms with Crippen molar-refractivity contribution >= 4 is 28.2 Å². The van der Waals surface area contributed by atoms with Crippen molar-refractivity contribution in [3.05, 3.63) is 136 Å². The fraction of sp³-hybridized carbons (Fsp3) is 0.292. The summed E-state index contributed by atoms with van der Waals surface area (Å²) in [6, 6.07) is 34.6. The van der Waals surface area contributed by atoms with Crippen LogP contribution in [0.15, 0.2) is 109 Å². The number of hydrogen-bond acceptors (Lipinski definition) is 5. The van der Waals surface area contributed by atoms with Gasteiger partial charge >= 0.3 is 0 Å². The first-order valence-corrected chi connectivity index (χ1v) is 19.4. The van der Waals surface area contributed by atoms with Crippen LogP contribution in [0.1, 0.15) is 74.8 Å². The maximum Gasteiger partial charge on any atom is 0.178 e. The van der Waals surface area contributed by atoms with E-state index in [1.807, 2.05) is 24.3 Å². The lowest BCUT2D eigenvalue weighted by atomic mass is 9.52. The molecule has 9 rings (SSSR count). The first kappa shape index (κ1) is 33.8. The Balaban J connectivity index is 1.41. The minimum atomic E-state index is -0.917. The van der Waals surface area contributed by atoms with Crippen LogP contribution in [0.4, 0.5) is 0 Å². The summed E-state index contributed by atoms with van der Waals surface area (Å²) in [5.41, 5.74) is 8.90. The third-order valence-corrected chi connectivity index (χ3v) is 12.8. The van der Waals surface area contributed by atoms with Crippen LogP contribution in [-0.4, -0.2) is 21.3 Å². The number of fused-ring (bicyclic) bond motifs is 10. The average molecular weight is 719 g/mol. The van der Waals surface area contributed by atoms with Crippen molar-refractivity contribution < 1.29 is 18.9 Å². The standard InChI is InChI=1S/C48H46O4S/c1-45(2)27-46(3,4)29-47(28-45)39-12-9-8-11-34(39)42-36-26-40(51-7)38(41-13-10-24-53-41)25-37(36)44-35(43(42)47)22-23-48(52-44,30-14-18-32(49-5)19-15-30)31-16-20-33(50-6)21-17-31/h8-26H,27-29H2,1-7H3. The van der Waals surface area contributed by atoms with Gasteiger partial charge in [0.25, 0.3) is 0 Å². The second kappa shape index (κ2) is 12.0. The molecule has 2 heterocycles. The van der Waals surface area contributed by atoms with E-state index in [9.17, 15) is 0 Å². The number of thiophene rings is 1. The van der Waals surface area contributed by atoms with Crippen LogP contribution in [0.5, 0.6) is 23.0 Å². The minimum absolute atomic E-state index is 0.133. The first-order valence-electron chi connectivity index (χ1n) is 18.5. The molecule has 1 aliphatic heterocycles. The molecule has 5 aromatic carbocycles. The van der Waals surface area contributed by atoms with Gasteiger partial charge in [-0.15, -0.1) is 11.3 Å². The Labute approximate surface area is 317 Å². The molecule has 3 aliphatic rings. The summed E-state index contributed by atoms with van der Waals surface area (Å²) >= 11 is 1.72. The highest BCUT2D eigenvalue weighted by molar-refractivity contribution is 7.13. The monoisotopic (exact) mass is 718 g/mol. The molecule has 0 radical (unpaired) electrons. The molecule has 1 aromatic heterocycles. The van der Waals surface area contributed by atoms with Crippen LogP contribution in [0.25, 0.3) is 38.4 Å². The molecule has 0 bridgehead atoms. The van der Waals surface area contributed by atoms with Gasteiger partial charge < -0.3 is 18.9 Å². The molecule has 0 amide bonds. The maximum absolute atomic E-state index is 7.75. The third-order valence-electron chi connectivity index (χ3n) is 11.9. The maximum atomic E-state index is 7.75. The van der Waals surface area contributed by atoms with Crippen molar-refractivity contribution in [1.82, 2.24) is 0 Å². The van der Waals surface area contributed by atoms with Gasteiger partial charge in [-0.2, -0.15) is 0 Å². The van der Waals surface area contributed by atoms with E-state index in [1.165, 1.54) is 34.2 Å². The quantitative estimate of drug-likeness (QED) is 0.172. The normalized spacial score (nSPS) is 18.2. The second-order valence-corrected chi connectivity index (χ2v) is 17.6. The van der Waals surface area contributed by atoms with Gasteiger partial charge in [-0.1, -0.05) is 88.4 Å². The van der Waals surface area contributed by atoms with Crippen molar-refractivity contribution in [2.75, 3.05) is 21.3 Å². The summed E-state index contributed by atoms with van der Waals surface area (Å²) < 4.78 is 25.2. The Morgan fingerprint density at radius 2 is 1.28 bits per heavy atom. The Bertz CT molecular complexity index is 2330. The number of benzene rings is 5. The lowest BCUT2D eigenvalue weighted by molar-refractivity contribution is 0.0642. The van der Waals surface area contributed by atoms with E-state index in [1.54, 1.807) is 32.7 Å². The van der Waals surface area contributed by atoms with Crippen molar-refractivity contribution in [1.29, 1.82) is 0 Å². The van der Waals surface area contributed by atoms with Gasteiger partial charge in [0.05, 0.1) is 21.3 Å². The summed E-state index contributed by atoms with van der Waals surface area (Å²) in [6.45, 7) is 9.85. The molecule has 0 N–H and O–H groups in total. The number of hydrogen-bond donors (Lipinski definition) is 0. The molecule has 2 aliphatic carbocycles. The molecule has 268 valence electrons. The van der Waals surface area contributed by atoms with Gasteiger partial charge in [0.1, 0.15) is 23.0 Å². The average Bonchev–Trinajstić information content (AvgIpc) is 3.79. The van der Waals surface area contributed by atoms with Crippen molar-refractivity contribution in [3.63, 3.8) is 0 Å². The zero-order valence-electron chi connectivity index (χ0n) is 31.6. The van der Waals surface area contributed by atoms with E-state index in [0.29, 0.717) is 0 Å². The van der Waals surface area contributed by atoms with Gasteiger partial charge in [0, 0.05) is 37.9 Å². The van der Waals surface area contributed by atoms with Crippen LogP contribution in [-0.2, 0) is 11.0 Å². The van der Waals surface area contributed by atoms with Gasteiger partial charge in [-0.25, -0.2) is 0 Å². The highest BCUT2D eigenvalue weighted by atomic mass is 32.1. The lowest BCUT2D eigenvalue weighted by Crippen LogP contribution is -2.44. The van der Waals surface area contributed by atoms with E-state index in [0.717, 1.165) is 68.2 Å². The van der Waals surface area contributed by atoms with Crippen molar-refractivity contribution in [3.8, 4) is 44.6 Å². The Kier molecular flexibility index (Phi) is 7.66. The highest BCUT2D eigenvalue weighted by Crippen LogP contribution is 2.67. The SMILES string of the molecule is COc1ccc(C2(c3ccc(OC)cc3)C=Cc3c4c(c5cc(OC)c(-c6cccs6)cc5c3O2)-c2ccccc2C42CC(C)(C)CC(C)(C)C2)cc1. The molecule has 53 heavy (non-hydrogen) atoms. The van der Waals surface area contributed by atoms with Gasteiger partial charge in [-0.05, 0) is 112 Å². The van der Waals surface area contributed by atoms with Gasteiger partial charge in [0.2, 0.25) is 0 Å². The summed E-state index contributed by atoms with van der Waals surface area (Å²) in [5, 5.41) is 4.37. The first-order chi connectivity index (χ1) is 25.5. The highest BCUT2D eigenvalue weighted by Gasteiger charge is 2.55. The largest absolute Gasteiger partial charge is 0.497 e. The molecule has 0 saturated heterocycles.